The number of rotatable bonds is 12. The molecule has 2 atom stereocenters. The average molecular weight is 535 g/mol. The van der Waals surface area contributed by atoms with Gasteiger partial charge in [0, 0.05) is 36.1 Å². The van der Waals surface area contributed by atoms with Crippen LogP contribution >= 0.6 is 0 Å². The van der Waals surface area contributed by atoms with Crippen molar-refractivity contribution in [2.24, 2.45) is 0 Å². The van der Waals surface area contributed by atoms with Crippen LogP contribution in [0.4, 0.5) is 0 Å². The maximum atomic E-state index is 13.1. The van der Waals surface area contributed by atoms with Gasteiger partial charge in [-0.3, -0.25) is 10.6 Å². The van der Waals surface area contributed by atoms with Gasteiger partial charge < -0.3 is 9.47 Å². The van der Waals surface area contributed by atoms with Crippen molar-refractivity contribution in [3.63, 3.8) is 0 Å². The molecule has 0 aliphatic carbocycles. The molecule has 2 N–H and O–H groups in total. The maximum absolute atomic E-state index is 13.1. The van der Waals surface area contributed by atoms with Crippen LogP contribution in [0.15, 0.2) is 133 Å². The maximum Gasteiger partial charge on any atom is 0.333 e. The zero-order chi connectivity index (χ0) is 28.3. The first-order valence-corrected chi connectivity index (χ1v) is 13.2. The Morgan fingerprint density at radius 3 is 1.15 bits per heavy atom. The van der Waals surface area contributed by atoms with E-state index in [0.717, 1.165) is 34.4 Å². The molecule has 0 spiro atoms. The monoisotopic (exact) mass is 534 g/mol. The summed E-state index contributed by atoms with van der Waals surface area (Å²) in [7, 11) is 3.48. The van der Waals surface area contributed by atoms with Crippen molar-refractivity contribution in [3.05, 3.63) is 156 Å². The molecule has 6 nitrogen and oxygen atoms in total. The third-order valence-corrected chi connectivity index (χ3v) is 6.78. The number of carbonyl (C=O) groups excluding carboxylic acids is 2. The van der Waals surface area contributed by atoms with Crippen LogP contribution < -0.4 is 10.6 Å². The summed E-state index contributed by atoms with van der Waals surface area (Å²) in [4.78, 5) is 26.2. The molecule has 0 saturated heterocycles. The number of nitrogens with one attached hydrogen (secondary N) is 2. The zero-order valence-electron chi connectivity index (χ0n) is 22.7. The molecule has 4 aromatic carbocycles. The summed E-state index contributed by atoms with van der Waals surface area (Å²) in [6.45, 7) is 0. The van der Waals surface area contributed by atoms with Gasteiger partial charge in [-0.25, -0.2) is 9.59 Å². The number of hydrogen-bond acceptors (Lipinski definition) is 6. The SMILES string of the molecule is CNC(Cc1ccccc1)(OC(=O)/C=C\C(=O)OC(Cc1ccccc1)(NC)c1ccccc1)c1ccccc1. The molecule has 4 rings (SSSR count). The third-order valence-electron chi connectivity index (χ3n) is 6.78. The van der Waals surface area contributed by atoms with Gasteiger partial charge >= 0.3 is 11.9 Å². The number of benzene rings is 4. The highest BCUT2D eigenvalue weighted by Crippen LogP contribution is 2.29. The first-order valence-electron chi connectivity index (χ1n) is 13.2. The quantitative estimate of drug-likeness (QED) is 0.147. The molecule has 0 aromatic heterocycles. The van der Waals surface area contributed by atoms with E-state index in [1.165, 1.54) is 0 Å². The molecule has 40 heavy (non-hydrogen) atoms. The fourth-order valence-electron chi connectivity index (χ4n) is 4.69. The molecule has 0 fully saturated rings. The van der Waals surface area contributed by atoms with Crippen LogP contribution in [-0.2, 0) is 43.4 Å². The lowest BCUT2D eigenvalue weighted by molar-refractivity contribution is -0.161. The lowest BCUT2D eigenvalue weighted by Gasteiger charge is -2.34. The third kappa shape index (κ3) is 7.11. The molecule has 0 aliphatic rings. The lowest BCUT2D eigenvalue weighted by atomic mass is 9.94. The smallest absolute Gasteiger partial charge is 0.333 e. The Morgan fingerprint density at radius 2 is 0.850 bits per heavy atom. The van der Waals surface area contributed by atoms with E-state index in [1.54, 1.807) is 14.1 Å². The molecular formula is C34H34N2O4. The van der Waals surface area contributed by atoms with Crippen molar-refractivity contribution < 1.29 is 19.1 Å². The topological polar surface area (TPSA) is 76.7 Å². The van der Waals surface area contributed by atoms with E-state index in [-0.39, 0.29) is 0 Å². The highest BCUT2D eigenvalue weighted by atomic mass is 16.6. The number of carbonyl (C=O) groups is 2. The predicted molar refractivity (Wildman–Crippen MR) is 156 cm³/mol. The van der Waals surface area contributed by atoms with Gasteiger partial charge in [0.1, 0.15) is 0 Å². The Labute approximate surface area is 235 Å². The van der Waals surface area contributed by atoms with Gasteiger partial charge in [-0.05, 0) is 25.2 Å². The van der Waals surface area contributed by atoms with Crippen molar-refractivity contribution in [1.29, 1.82) is 0 Å². The number of hydrogen-bond donors (Lipinski definition) is 2. The number of ether oxygens (including phenoxy) is 2. The molecule has 6 heteroatoms. The highest BCUT2D eigenvalue weighted by molar-refractivity contribution is 5.92. The minimum Gasteiger partial charge on any atom is -0.436 e. The molecule has 4 aromatic rings. The van der Waals surface area contributed by atoms with Crippen molar-refractivity contribution in [1.82, 2.24) is 10.6 Å². The Balaban J connectivity index is 1.55. The Bertz CT molecular complexity index is 1290. The van der Waals surface area contributed by atoms with Crippen LogP contribution in [0.5, 0.6) is 0 Å². The summed E-state index contributed by atoms with van der Waals surface area (Å²) in [5.74, 6) is -1.35. The van der Waals surface area contributed by atoms with Crippen LogP contribution in [0.1, 0.15) is 22.3 Å². The number of likely N-dealkylation sites (N-methyl/N-ethyl adjacent to an activating group) is 2. The molecule has 0 saturated carbocycles. The zero-order valence-corrected chi connectivity index (χ0v) is 22.7. The second kappa shape index (κ2) is 13.5. The van der Waals surface area contributed by atoms with Gasteiger partial charge in [-0.15, -0.1) is 0 Å². The van der Waals surface area contributed by atoms with E-state index in [2.05, 4.69) is 10.6 Å². The molecule has 2 unspecified atom stereocenters. The largest absolute Gasteiger partial charge is 0.436 e. The Hall–Kier alpha value is -4.52. The van der Waals surface area contributed by atoms with E-state index < -0.39 is 23.4 Å². The summed E-state index contributed by atoms with van der Waals surface area (Å²) >= 11 is 0. The average Bonchev–Trinajstić information content (AvgIpc) is 3.01. The fourth-order valence-corrected chi connectivity index (χ4v) is 4.69. The normalized spacial score (nSPS) is 14.2. The Kier molecular flexibility index (Phi) is 9.62. The summed E-state index contributed by atoms with van der Waals surface area (Å²) in [6.07, 6.45) is 3.01. The van der Waals surface area contributed by atoms with E-state index >= 15 is 0 Å². The highest BCUT2D eigenvalue weighted by Gasteiger charge is 2.36. The van der Waals surface area contributed by atoms with Crippen molar-refractivity contribution in [3.8, 4) is 0 Å². The molecule has 0 radical (unpaired) electrons. The standard InChI is InChI=1S/C34H34N2O4/c1-35-33(29-19-11-5-12-20-29,25-27-15-7-3-8-16-27)39-31(37)23-24-32(38)40-34(36-2,30-21-13-6-14-22-30)26-28-17-9-4-10-18-28/h3-24,35-36H,25-26H2,1-2H3/b24-23-. The second-order valence-corrected chi connectivity index (χ2v) is 9.39. The van der Waals surface area contributed by atoms with Crippen LogP contribution in [0.3, 0.4) is 0 Å². The minimum absolute atomic E-state index is 0.395. The van der Waals surface area contributed by atoms with Crippen molar-refractivity contribution in [2.75, 3.05) is 14.1 Å². The molecule has 0 aliphatic heterocycles. The summed E-state index contributed by atoms with van der Waals surface area (Å²) in [6, 6.07) is 38.5. The minimum atomic E-state index is -1.14. The van der Waals surface area contributed by atoms with Gasteiger partial charge in [-0.2, -0.15) is 0 Å². The first kappa shape index (κ1) is 28.5. The van der Waals surface area contributed by atoms with Crippen LogP contribution in [0, 0.1) is 0 Å². The molecule has 0 heterocycles. The summed E-state index contributed by atoms with van der Waals surface area (Å²) in [5.41, 5.74) is 1.26. The second-order valence-electron chi connectivity index (χ2n) is 9.39. The van der Waals surface area contributed by atoms with Gasteiger partial charge in [0.15, 0.2) is 11.4 Å². The first-order chi connectivity index (χ1) is 19.5. The molecular weight excluding hydrogens is 500 g/mol. The van der Waals surface area contributed by atoms with E-state index in [1.807, 2.05) is 121 Å². The summed E-state index contributed by atoms with van der Waals surface area (Å²) < 4.78 is 12.0. The van der Waals surface area contributed by atoms with E-state index in [0.29, 0.717) is 12.8 Å². The van der Waals surface area contributed by atoms with Crippen LogP contribution in [-0.4, -0.2) is 26.0 Å². The van der Waals surface area contributed by atoms with Crippen molar-refractivity contribution in [2.45, 2.75) is 24.3 Å². The van der Waals surface area contributed by atoms with Gasteiger partial charge in [0.2, 0.25) is 0 Å². The van der Waals surface area contributed by atoms with Crippen LogP contribution in [0.25, 0.3) is 0 Å². The van der Waals surface area contributed by atoms with Gasteiger partial charge in [0.25, 0.3) is 0 Å². The van der Waals surface area contributed by atoms with Gasteiger partial charge in [-0.1, -0.05) is 121 Å². The number of esters is 2. The lowest BCUT2D eigenvalue weighted by Crippen LogP contribution is -2.46. The molecule has 204 valence electrons. The summed E-state index contributed by atoms with van der Waals surface area (Å²) in [5, 5.41) is 6.38. The molecule has 0 amide bonds. The molecule has 0 bridgehead atoms. The Morgan fingerprint density at radius 1 is 0.550 bits per heavy atom. The van der Waals surface area contributed by atoms with E-state index in [9.17, 15) is 9.59 Å². The van der Waals surface area contributed by atoms with Crippen molar-refractivity contribution >= 4 is 11.9 Å². The predicted octanol–water partition coefficient (Wildman–Crippen LogP) is 5.26. The van der Waals surface area contributed by atoms with Crippen LogP contribution in [0.2, 0.25) is 0 Å². The fraction of sp³-hybridized carbons (Fsp3) is 0.176. The van der Waals surface area contributed by atoms with E-state index in [4.69, 9.17) is 9.47 Å². The van der Waals surface area contributed by atoms with Gasteiger partial charge in [0.05, 0.1) is 0 Å².